The molecule has 6 N–H and O–H groups in total. The molecule has 0 radical (unpaired) electrons. The lowest BCUT2D eigenvalue weighted by atomic mass is 10.1. The third-order valence-electron chi connectivity index (χ3n) is 3.91. The molecule has 13 heteroatoms. The number of ether oxygens (including phenoxy) is 1. The van der Waals surface area contributed by atoms with E-state index in [0.717, 1.165) is 0 Å². The average molecular weight is 363 g/mol. The van der Waals surface area contributed by atoms with Gasteiger partial charge in [0.05, 0.1) is 13.3 Å². The summed E-state index contributed by atoms with van der Waals surface area (Å²) < 4.78 is 21.2. The quantitative estimate of drug-likeness (QED) is 0.367. The molecule has 2 aliphatic heterocycles. The third kappa shape index (κ3) is 2.93. The molecule has 0 aromatic carbocycles. The van der Waals surface area contributed by atoms with Gasteiger partial charge in [-0.25, -0.2) is 14.5 Å². The van der Waals surface area contributed by atoms with Gasteiger partial charge in [-0.3, -0.25) is 4.52 Å². The number of anilines is 3. The number of aromatic nitrogens is 2. The van der Waals surface area contributed by atoms with Crippen LogP contribution in [-0.2, 0) is 13.8 Å². The number of aliphatic hydroxyl groups excluding tert-OH is 2. The van der Waals surface area contributed by atoms with E-state index in [4.69, 9.17) is 20.3 Å². The van der Waals surface area contributed by atoms with Crippen LogP contribution < -0.4 is 15.5 Å². The largest absolute Gasteiger partial charge is 0.470 e. The molecule has 0 spiro atoms. The molecule has 2 aliphatic rings. The first-order valence-electron chi connectivity index (χ1n) is 6.99. The smallest absolute Gasteiger partial charge is 0.394 e. The van der Waals surface area contributed by atoms with E-state index in [1.165, 1.54) is 6.33 Å². The molecular weight excluding hydrogens is 345 g/mol. The molecule has 0 bridgehead atoms. The summed E-state index contributed by atoms with van der Waals surface area (Å²) >= 11 is 0. The summed E-state index contributed by atoms with van der Waals surface area (Å²) in [5.74, 6) is 0.654. The number of rotatable bonds is 4. The molecule has 12 nitrogen and oxygen atoms in total. The van der Waals surface area contributed by atoms with Gasteiger partial charge in [-0.15, -0.1) is 0 Å². The molecule has 0 amide bonds. The highest BCUT2D eigenvalue weighted by atomic mass is 31.2. The number of phosphoric acid groups is 1. The number of nitrogens with two attached hydrogens (primary N) is 1. The summed E-state index contributed by atoms with van der Waals surface area (Å²) in [6.45, 7) is -0.332. The molecule has 1 fully saturated rings. The minimum Gasteiger partial charge on any atom is -0.394 e. The Balaban J connectivity index is 1.89. The fourth-order valence-electron chi connectivity index (χ4n) is 2.94. The summed E-state index contributed by atoms with van der Waals surface area (Å²) in [6.07, 6.45) is -3.70. The van der Waals surface area contributed by atoms with Crippen LogP contribution in [0.1, 0.15) is 0 Å². The van der Waals surface area contributed by atoms with Gasteiger partial charge in [0.1, 0.15) is 30.3 Å². The minimum absolute atomic E-state index is 0.249. The van der Waals surface area contributed by atoms with Gasteiger partial charge in [-0.2, -0.15) is 0 Å². The Morgan fingerprint density at radius 3 is 2.83 bits per heavy atom. The fourth-order valence-corrected chi connectivity index (χ4v) is 3.52. The van der Waals surface area contributed by atoms with Crippen LogP contribution in [0.3, 0.4) is 0 Å². The van der Waals surface area contributed by atoms with Crippen molar-refractivity contribution < 1.29 is 33.8 Å². The second-order valence-corrected chi connectivity index (χ2v) is 6.73. The molecule has 0 unspecified atom stereocenters. The molecule has 0 saturated carbocycles. The zero-order chi connectivity index (χ0) is 17.6. The van der Waals surface area contributed by atoms with Gasteiger partial charge in [-0.1, -0.05) is 0 Å². The van der Waals surface area contributed by atoms with Crippen molar-refractivity contribution in [3.05, 3.63) is 6.33 Å². The molecule has 1 saturated heterocycles. The summed E-state index contributed by atoms with van der Waals surface area (Å²) in [5, 5.41) is 19.8. The lowest BCUT2D eigenvalue weighted by Gasteiger charge is -2.27. The number of hydrogen-bond acceptors (Lipinski definition) is 10. The molecule has 134 valence electrons. The molecular formula is C11H18N5O7P. The Morgan fingerprint density at radius 1 is 1.50 bits per heavy atom. The average Bonchev–Trinajstić information content (AvgIpc) is 2.97. The van der Waals surface area contributed by atoms with E-state index in [1.54, 1.807) is 16.8 Å². The Kier molecular flexibility index (Phi) is 4.38. The summed E-state index contributed by atoms with van der Waals surface area (Å²) in [7, 11) is -3.13. The number of aliphatic hydroxyl groups is 2. The first kappa shape index (κ1) is 17.3. The SMILES string of the molecule is CN1CN([C@@H]2O[C@H](CO)[C@@H](OP(=O)(O)O)[C@H]2O)c2ncnc(N)c21. The highest BCUT2D eigenvalue weighted by molar-refractivity contribution is 7.46. The molecule has 0 aliphatic carbocycles. The van der Waals surface area contributed by atoms with Crippen LogP contribution in [-0.4, -0.2) is 74.8 Å². The zero-order valence-electron chi connectivity index (χ0n) is 12.6. The second-order valence-electron chi connectivity index (χ2n) is 5.54. The number of hydrogen-bond donors (Lipinski definition) is 5. The minimum atomic E-state index is -4.87. The predicted molar refractivity (Wildman–Crippen MR) is 80.9 cm³/mol. The van der Waals surface area contributed by atoms with Gasteiger partial charge in [0.2, 0.25) is 0 Å². The van der Waals surface area contributed by atoms with Gasteiger partial charge in [-0.05, 0) is 0 Å². The fraction of sp³-hybridized carbons (Fsp3) is 0.636. The van der Waals surface area contributed by atoms with Crippen LogP contribution in [0.25, 0.3) is 0 Å². The summed E-state index contributed by atoms with van der Waals surface area (Å²) in [4.78, 5) is 29.3. The normalized spacial score (nSPS) is 30.0. The van der Waals surface area contributed by atoms with Gasteiger partial charge >= 0.3 is 7.82 Å². The van der Waals surface area contributed by atoms with Crippen molar-refractivity contribution >= 4 is 25.1 Å². The Bertz CT molecular complexity index is 672. The number of fused-ring (bicyclic) bond motifs is 1. The van der Waals surface area contributed by atoms with Crippen LogP contribution in [0.5, 0.6) is 0 Å². The van der Waals surface area contributed by atoms with Crippen LogP contribution in [0.15, 0.2) is 6.33 Å². The van der Waals surface area contributed by atoms with E-state index in [9.17, 15) is 14.8 Å². The summed E-state index contributed by atoms with van der Waals surface area (Å²) in [6, 6.07) is 0. The van der Waals surface area contributed by atoms with Crippen LogP contribution in [0.4, 0.5) is 17.3 Å². The van der Waals surface area contributed by atoms with Crippen molar-refractivity contribution in [2.45, 2.75) is 24.5 Å². The number of phosphoric ester groups is 1. The highest BCUT2D eigenvalue weighted by Gasteiger charge is 2.51. The lowest BCUT2D eigenvalue weighted by molar-refractivity contribution is -0.0218. The first-order valence-corrected chi connectivity index (χ1v) is 8.52. The van der Waals surface area contributed by atoms with E-state index in [0.29, 0.717) is 11.5 Å². The van der Waals surface area contributed by atoms with E-state index >= 15 is 0 Å². The third-order valence-corrected chi connectivity index (χ3v) is 4.42. The van der Waals surface area contributed by atoms with Crippen LogP contribution >= 0.6 is 7.82 Å². The molecule has 24 heavy (non-hydrogen) atoms. The van der Waals surface area contributed by atoms with E-state index < -0.39 is 39.0 Å². The first-order chi connectivity index (χ1) is 11.2. The van der Waals surface area contributed by atoms with Crippen LogP contribution in [0.2, 0.25) is 0 Å². The molecule has 4 atom stereocenters. The van der Waals surface area contributed by atoms with Gasteiger partial charge in [0, 0.05) is 7.05 Å². The van der Waals surface area contributed by atoms with Crippen molar-refractivity contribution in [3.63, 3.8) is 0 Å². The van der Waals surface area contributed by atoms with Crippen molar-refractivity contribution in [1.29, 1.82) is 0 Å². The molecule has 1 aromatic heterocycles. The summed E-state index contributed by atoms with van der Waals surface area (Å²) in [5.41, 5.74) is 6.38. The number of nitrogens with zero attached hydrogens (tertiary/aromatic N) is 4. The van der Waals surface area contributed by atoms with E-state index in [1.807, 2.05) is 0 Å². The maximum absolute atomic E-state index is 11.1. The Hall–Kier alpha value is -1.53. The topological polar surface area (TPSA) is 175 Å². The monoisotopic (exact) mass is 363 g/mol. The van der Waals surface area contributed by atoms with Gasteiger partial charge < -0.3 is 40.3 Å². The molecule has 3 rings (SSSR count). The number of nitrogen functional groups attached to an aromatic ring is 1. The highest BCUT2D eigenvalue weighted by Crippen LogP contribution is 2.44. The van der Waals surface area contributed by atoms with Gasteiger partial charge in [0.15, 0.2) is 17.9 Å². The van der Waals surface area contributed by atoms with Crippen molar-refractivity contribution in [3.8, 4) is 0 Å². The van der Waals surface area contributed by atoms with Gasteiger partial charge in [0.25, 0.3) is 0 Å². The van der Waals surface area contributed by atoms with E-state index in [-0.39, 0.29) is 12.5 Å². The zero-order valence-corrected chi connectivity index (χ0v) is 13.5. The predicted octanol–water partition coefficient (Wildman–Crippen LogP) is -2.17. The maximum Gasteiger partial charge on any atom is 0.470 e. The second kappa shape index (κ2) is 6.08. The van der Waals surface area contributed by atoms with E-state index in [2.05, 4.69) is 14.5 Å². The standard InChI is InChI=1S/C11H18N5O7P/c1-15-4-16(10-6(15)9(12)13-3-14-10)11-7(18)8(5(2-17)22-11)23-24(19,20)21/h3,5,7-8,11,17-18H,2,4H2,1H3,(H2,12,13,14)(H2,19,20,21)/t5-,7-,8-,11-/m1/s1. The van der Waals surface area contributed by atoms with Crippen LogP contribution in [0, 0.1) is 0 Å². The van der Waals surface area contributed by atoms with Crippen molar-refractivity contribution in [2.75, 3.05) is 35.9 Å². The van der Waals surface area contributed by atoms with Crippen molar-refractivity contribution in [1.82, 2.24) is 9.97 Å². The molecule has 3 heterocycles. The Morgan fingerprint density at radius 2 is 2.21 bits per heavy atom. The lowest BCUT2D eigenvalue weighted by Crippen LogP contribution is -2.46. The van der Waals surface area contributed by atoms with Crippen molar-refractivity contribution in [2.24, 2.45) is 0 Å². The Labute approximate surface area is 136 Å². The maximum atomic E-state index is 11.1. The molecule has 1 aromatic rings.